The van der Waals surface area contributed by atoms with Gasteiger partial charge in [-0.1, -0.05) is 182 Å². The van der Waals surface area contributed by atoms with Crippen LogP contribution in [-0.2, 0) is 0 Å². The van der Waals surface area contributed by atoms with Gasteiger partial charge in [-0.25, -0.2) is 0 Å². The minimum absolute atomic E-state index is 1.14. The predicted octanol–water partition coefficient (Wildman–Crippen LogP) is 16.4. The molecule has 0 N–H and O–H groups in total. The molecule has 12 aromatic carbocycles. The first kappa shape index (κ1) is 33.6. The van der Waals surface area contributed by atoms with Crippen LogP contribution in [0.5, 0.6) is 0 Å². The van der Waals surface area contributed by atoms with E-state index in [2.05, 4.69) is 228 Å². The fraction of sp³-hybridized carbons (Fsp3) is 0. The molecule has 0 amide bonds. The summed E-state index contributed by atoms with van der Waals surface area (Å²) in [6.45, 7) is 0. The predicted molar refractivity (Wildman–Crippen MR) is 264 cm³/mol. The summed E-state index contributed by atoms with van der Waals surface area (Å²) in [7, 11) is 0. The van der Waals surface area contributed by atoms with Gasteiger partial charge >= 0.3 is 0 Å². The number of benzene rings is 12. The minimum Gasteiger partial charge on any atom is -0.309 e. The van der Waals surface area contributed by atoms with Crippen LogP contribution in [0.1, 0.15) is 0 Å². The molecule has 0 bridgehead atoms. The smallest absolute Gasteiger partial charge is 0.0620 e. The molecule has 0 aliphatic carbocycles. The number of hydrogen-bond acceptors (Lipinski definition) is 0. The molecular formula is C60H36N2. The van der Waals surface area contributed by atoms with E-state index in [4.69, 9.17) is 0 Å². The Hall–Kier alpha value is -8.20. The van der Waals surface area contributed by atoms with E-state index in [1.54, 1.807) is 0 Å². The highest BCUT2D eigenvalue weighted by atomic mass is 15.0. The number of aromatic nitrogens is 2. The quantitative estimate of drug-likeness (QED) is 0.154. The van der Waals surface area contributed by atoms with E-state index >= 15 is 0 Å². The molecule has 0 fully saturated rings. The van der Waals surface area contributed by atoms with E-state index in [1.807, 2.05) is 0 Å². The van der Waals surface area contributed by atoms with Gasteiger partial charge < -0.3 is 9.13 Å². The van der Waals surface area contributed by atoms with Crippen LogP contribution in [0.4, 0.5) is 0 Å². The van der Waals surface area contributed by atoms with Crippen molar-refractivity contribution in [2.75, 3.05) is 0 Å². The van der Waals surface area contributed by atoms with Gasteiger partial charge in [0.15, 0.2) is 0 Å². The van der Waals surface area contributed by atoms with Crippen molar-refractivity contribution in [3.8, 4) is 45.0 Å². The Morgan fingerprint density at radius 1 is 0.226 bits per heavy atom. The van der Waals surface area contributed by atoms with Crippen molar-refractivity contribution in [3.63, 3.8) is 0 Å². The molecule has 0 aliphatic rings. The lowest BCUT2D eigenvalue weighted by Crippen LogP contribution is -1.99. The van der Waals surface area contributed by atoms with Crippen molar-refractivity contribution in [2.24, 2.45) is 0 Å². The first-order valence-electron chi connectivity index (χ1n) is 21.5. The molecule has 0 saturated carbocycles. The monoisotopic (exact) mass is 784 g/mol. The zero-order valence-electron chi connectivity index (χ0n) is 33.7. The van der Waals surface area contributed by atoms with Gasteiger partial charge in [-0.2, -0.15) is 0 Å². The third-order valence-corrected chi connectivity index (χ3v) is 13.6. The second-order valence-corrected chi connectivity index (χ2v) is 16.8. The number of hydrogen-bond donors (Lipinski definition) is 0. The summed E-state index contributed by atoms with van der Waals surface area (Å²) < 4.78 is 4.97. The SMILES string of the molecule is c1ccc(-c2cc3c4cccc5ccc6cccc(c6c54)c3n2-c2ccc(-c3ccc(-n4c(-c5ccccc5)cc5c6cccc7ccc8cccc(c8c76)c54)cc3)cc2)cc1. The average Bonchev–Trinajstić information content (AvgIpc) is 3.95. The van der Waals surface area contributed by atoms with E-state index in [0.29, 0.717) is 0 Å². The third kappa shape index (κ3) is 4.64. The Labute approximate surface area is 357 Å². The van der Waals surface area contributed by atoms with Crippen molar-refractivity contribution in [1.82, 2.24) is 9.13 Å². The molecule has 0 radical (unpaired) electrons. The van der Waals surface area contributed by atoms with Gasteiger partial charge in [-0.3, -0.25) is 0 Å². The summed E-state index contributed by atoms with van der Waals surface area (Å²) in [5, 5.41) is 18.2. The van der Waals surface area contributed by atoms with Crippen molar-refractivity contribution in [1.29, 1.82) is 0 Å². The lowest BCUT2D eigenvalue weighted by molar-refractivity contribution is 1.14. The van der Waals surface area contributed by atoms with E-state index in [9.17, 15) is 0 Å². The Morgan fingerprint density at radius 3 is 0.935 bits per heavy atom. The lowest BCUT2D eigenvalue weighted by atomic mass is 9.92. The summed E-state index contributed by atoms with van der Waals surface area (Å²) in [5.41, 5.74) is 11.9. The Balaban J connectivity index is 0.940. The van der Waals surface area contributed by atoms with Crippen LogP contribution in [0.3, 0.4) is 0 Å². The van der Waals surface area contributed by atoms with Crippen LogP contribution in [-0.4, -0.2) is 9.13 Å². The molecule has 0 aliphatic heterocycles. The Morgan fingerprint density at radius 2 is 0.565 bits per heavy atom. The summed E-state index contributed by atoms with van der Waals surface area (Å²) in [5.74, 6) is 0. The van der Waals surface area contributed by atoms with Gasteiger partial charge in [0.25, 0.3) is 0 Å². The van der Waals surface area contributed by atoms with Crippen molar-refractivity contribution < 1.29 is 0 Å². The second-order valence-electron chi connectivity index (χ2n) is 16.8. The molecule has 14 rings (SSSR count). The van der Waals surface area contributed by atoms with Gasteiger partial charge in [0.1, 0.15) is 0 Å². The largest absolute Gasteiger partial charge is 0.309 e. The molecule has 0 spiro atoms. The minimum atomic E-state index is 1.14. The van der Waals surface area contributed by atoms with Crippen LogP contribution >= 0.6 is 0 Å². The highest BCUT2D eigenvalue weighted by Crippen LogP contribution is 2.46. The lowest BCUT2D eigenvalue weighted by Gasteiger charge is -2.17. The highest BCUT2D eigenvalue weighted by Gasteiger charge is 2.22. The van der Waals surface area contributed by atoms with Crippen LogP contribution in [0.15, 0.2) is 218 Å². The summed E-state index contributed by atoms with van der Waals surface area (Å²) in [4.78, 5) is 0. The molecule has 286 valence electrons. The van der Waals surface area contributed by atoms with E-state index in [0.717, 1.165) is 11.4 Å². The fourth-order valence-corrected chi connectivity index (χ4v) is 10.9. The van der Waals surface area contributed by atoms with E-state index < -0.39 is 0 Å². The number of nitrogens with zero attached hydrogens (tertiary/aromatic N) is 2. The summed E-state index contributed by atoms with van der Waals surface area (Å²) in [6, 6.07) is 80.9. The maximum Gasteiger partial charge on any atom is 0.0620 e. The van der Waals surface area contributed by atoms with Crippen molar-refractivity contribution >= 4 is 86.4 Å². The van der Waals surface area contributed by atoms with Crippen LogP contribution in [0.25, 0.3) is 131 Å². The van der Waals surface area contributed by atoms with Crippen LogP contribution in [0.2, 0.25) is 0 Å². The van der Waals surface area contributed by atoms with E-state index in [1.165, 1.54) is 120 Å². The molecule has 0 unspecified atom stereocenters. The molecule has 0 atom stereocenters. The molecule has 2 heterocycles. The third-order valence-electron chi connectivity index (χ3n) is 13.6. The molecule has 0 saturated heterocycles. The maximum atomic E-state index is 2.49. The van der Waals surface area contributed by atoms with Crippen LogP contribution in [0, 0.1) is 0 Å². The normalized spacial score (nSPS) is 12.2. The topological polar surface area (TPSA) is 9.86 Å². The van der Waals surface area contributed by atoms with Crippen LogP contribution < -0.4 is 0 Å². The van der Waals surface area contributed by atoms with Gasteiger partial charge in [-0.05, 0) is 113 Å². The molecular weight excluding hydrogens is 749 g/mol. The molecule has 2 aromatic heterocycles. The maximum absolute atomic E-state index is 2.49. The highest BCUT2D eigenvalue weighted by molar-refractivity contribution is 6.35. The molecule has 2 nitrogen and oxygen atoms in total. The fourth-order valence-electron chi connectivity index (χ4n) is 10.9. The second kappa shape index (κ2) is 12.7. The molecule has 14 aromatic rings. The zero-order valence-corrected chi connectivity index (χ0v) is 33.7. The first-order chi connectivity index (χ1) is 30.8. The van der Waals surface area contributed by atoms with Gasteiger partial charge in [-0.15, -0.1) is 0 Å². The Kier molecular flexibility index (Phi) is 6.86. The van der Waals surface area contributed by atoms with Gasteiger partial charge in [0, 0.05) is 32.9 Å². The number of rotatable bonds is 5. The summed E-state index contributed by atoms with van der Waals surface area (Å²) in [6.07, 6.45) is 0. The van der Waals surface area contributed by atoms with Crippen molar-refractivity contribution in [3.05, 3.63) is 218 Å². The first-order valence-corrected chi connectivity index (χ1v) is 21.5. The van der Waals surface area contributed by atoms with Gasteiger partial charge in [0.2, 0.25) is 0 Å². The zero-order chi connectivity index (χ0) is 40.5. The molecule has 62 heavy (non-hydrogen) atoms. The van der Waals surface area contributed by atoms with Gasteiger partial charge in [0.05, 0.1) is 22.4 Å². The standard InChI is InChI=1S/C60H36N2/c1-3-11-39(12-4-1)53-35-51-47-19-7-15-41-23-25-43-17-9-21-49(57(43)55(41)47)59(51)61(53)45-31-27-37(28-32-45)38-29-33-46(34-30-38)62-54(40-13-5-2-6-14-40)36-52-48-20-8-16-42-24-26-44-18-10-22-50(60(52)62)58(44)56(42)48/h1-36H. The van der Waals surface area contributed by atoms with Crippen molar-refractivity contribution in [2.45, 2.75) is 0 Å². The summed E-state index contributed by atoms with van der Waals surface area (Å²) >= 11 is 0. The average molecular weight is 785 g/mol. The Bertz CT molecular complexity index is 3770. The molecule has 2 heteroatoms. The van der Waals surface area contributed by atoms with E-state index in [-0.39, 0.29) is 0 Å². The number of fused-ring (bicyclic) bond motifs is 6.